The molecule has 1 atom stereocenters. The maximum atomic E-state index is 12.2. The molecule has 19 heavy (non-hydrogen) atoms. The first-order chi connectivity index (χ1) is 8.92. The van der Waals surface area contributed by atoms with E-state index in [1.165, 1.54) is 17.3 Å². The Labute approximate surface area is 110 Å². The number of primary amides is 1. The fourth-order valence-electron chi connectivity index (χ4n) is 1.86. The normalized spacial score (nSPS) is 23.2. The van der Waals surface area contributed by atoms with Crippen LogP contribution in [-0.2, 0) is 9.53 Å². The molecule has 102 valence electrons. The van der Waals surface area contributed by atoms with Crippen molar-refractivity contribution in [2.75, 3.05) is 19.7 Å². The molecule has 2 rings (SSSR count). The van der Waals surface area contributed by atoms with Crippen LogP contribution in [0.5, 0.6) is 0 Å². The number of amides is 2. The number of morpholine rings is 1. The van der Waals surface area contributed by atoms with Crippen molar-refractivity contribution >= 4 is 11.8 Å². The summed E-state index contributed by atoms with van der Waals surface area (Å²) in [5.74, 6) is -0.858. The van der Waals surface area contributed by atoms with E-state index >= 15 is 0 Å². The van der Waals surface area contributed by atoms with Crippen molar-refractivity contribution in [2.45, 2.75) is 19.4 Å². The van der Waals surface area contributed by atoms with Crippen molar-refractivity contribution in [3.63, 3.8) is 0 Å². The Morgan fingerprint density at radius 2 is 2.16 bits per heavy atom. The third-order valence-corrected chi connectivity index (χ3v) is 3.08. The molecular weight excluding hydrogens is 248 g/mol. The maximum absolute atomic E-state index is 12.2. The lowest BCUT2D eigenvalue weighted by atomic mass is 10.0. The average Bonchev–Trinajstić information content (AvgIpc) is 2.39. The van der Waals surface area contributed by atoms with Crippen molar-refractivity contribution in [1.29, 1.82) is 0 Å². The predicted octanol–water partition coefficient (Wildman–Crippen LogP) is -0.499. The molecule has 7 nitrogen and oxygen atoms in total. The largest absolute Gasteiger partial charge is 0.367 e. The summed E-state index contributed by atoms with van der Waals surface area (Å²) in [5.41, 5.74) is 5.13. The molecule has 0 saturated carbocycles. The smallest absolute Gasteiger partial charge is 0.274 e. The highest BCUT2D eigenvalue weighted by Gasteiger charge is 2.39. The summed E-state index contributed by atoms with van der Waals surface area (Å²) in [4.78, 5) is 33.2. The van der Waals surface area contributed by atoms with Gasteiger partial charge in [0.25, 0.3) is 11.8 Å². The van der Waals surface area contributed by atoms with Gasteiger partial charge in [-0.25, -0.2) is 4.98 Å². The van der Waals surface area contributed by atoms with Gasteiger partial charge in [-0.15, -0.1) is 0 Å². The second-order valence-electron chi connectivity index (χ2n) is 4.71. The lowest BCUT2D eigenvalue weighted by Crippen LogP contribution is -2.58. The van der Waals surface area contributed by atoms with Crippen molar-refractivity contribution < 1.29 is 14.3 Å². The highest BCUT2D eigenvalue weighted by Crippen LogP contribution is 2.18. The van der Waals surface area contributed by atoms with Crippen LogP contribution in [0.2, 0.25) is 0 Å². The van der Waals surface area contributed by atoms with Gasteiger partial charge >= 0.3 is 0 Å². The zero-order valence-electron chi connectivity index (χ0n) is 10.9. The highest BCUT2D eigenvalue weighted by atomic mass is 16.5. The van der Waals surface area contributed by atoms with Gasteiger partial charge in [0.1, 0.15) is 5.69 Å². The van der Waals surface area contributed by atoms with Crippen LogP contribution in [0.1, 0.15) is 23.1 Å². The van der Waals surface area contributed by atoms with E-state index < -0.39 is 11.5 Å². The SMILES string of the molecule is Cc1cnc(C(=O)N2CCOC(C)(C(N)=O)C2)cn1. The number of aryl methyl sites for hydroxylation is 1. The molecule has 0 bridgehead atoms. The maximum Gasteiger partial charge on any atom is 0.274 e. The van der Waals surface area contributed by atoms with Gasteiger partial charge in [0.05, 0.1) is 25.0 Å². The number of ether oxygens (including phenoxy) is 1. The van der Waals surface area contributed by atoms with Crippen molar-refractivity contribution in [2.24, 2.45) is 5.73 Å². The average molecular weight is 264 g/mol. The fraction of sp³-hybridized carbons (Fsp3) is 0.500. The molecule has 1 unspecified atom stereocenters. The minimum Gasteiger partial charge on any atom is -0.367 e. The van der Waals surface area contributed by atoms with Gasteiger partial charge in [0, 0.05) is 12.7 Å². The van der Waals surface area contributed by atoms with Crippen LogP contribution in [0.3, 0.4) is 0 Å². The molecule has 1 aromatic rings. The molecule has 2 N–H and O–H groups in total. The van der Waals surface area contributed by atoms with Crippen LogP contribution in [0.25, 0.3) is 0 Å². The van der Waals surface area contributed by atoms with Crippen molar-refractivity contribution in [3.8, 4) is 0 Å². The Morgan fingerprint density at radius 1 is 1.42 bits per heavy atom. The molecule has 1 aromatic heterocycles. The van der Waals surface area contributed by atoms with E-state index in [-0.39, 0.29) is 24.8 Å². The minimum atomic E-state index is -1.15. The Balaban J connectivity index is 2.15. The molecule has 0 radical (unpaired) electrons. The quantitative estimate of drug-likeness (QED) is 0.776. The van der Waals surface area contributed by atoms with Crippen molar-refractivity contribution in [3.05, 3.63) is 23.8 Å². The summed E-state index contributed by atoms with van der Waals surface area (Å²) in [5, 5.41) is 0. The van der Waals surface area contributed by atoms with Crippen LogP contribution in [0.15, 0.2) is 12.4 Å². The summed E-state index contributed by atoms with van der Waals surface area (Å²) in [6.45, 7) is 4.16. The van der Waals surface area contributed by atoms with Gasteiger partial charge < -0.3 is 15.4 Å². The molecule has 0 aliphatic carbocycles. The molecule has 2 amide bonds. The number of aromatic nitrogens is 2. The fourth-order valence-corrected chi connectivity index (χ4v) is 1.86. The molecule has 1 saturated heterocycles. The number of carbonyl (C=O) groups excluding carboxylic acids is 2. The Kier molecular flexibility index (Phi) is 3.48. The van der Waals surface area contributed by atoms with E-state index in [4.69, 9.17) is 10.5 Å². The van der Waals surface area contributed by atoms with E-state index in [2.05, 4.69) is 9.97 Å². The monoisotopic (exact) mass is 264 g/mol. The lowest BCUT2D eigenvalue weighted by Gasteiger charge is -2.38. The highest BCUT2D eigenvalue weighted by molar-refractivity contribution is 5.93. The van der Waals surface area contributed by atoms with Crippen LogP contribution in [-0.4, -0.2) is 52.0 Å². The molecular formula is C12H16N4O3. The van der Waals surface area contributed by atoms with E-state index in [1.807, 2.05) is 0 Å². The summed E-state index contributed by atoms with van der Waals surface area (Å²) in [6, 6.07) is 0. The first kappa shape index (κ1) is 13.4. The number of hydrogen-bond donors (Lipinski definition) is 1. The van der Waals surface area contributed by atoms with Gasteiger partial charge in [0.2, 0.25) is 0 Å². The number of rotatable bonds is 2. The molecule has 1 aliphatic heterocycles. The second-order valence-corrected chi connectivity index (χ2v) is 4.71. The number of nitrogens with two attached hydrogens (primary N) is 1. The van der Waals surface area contributed by atoms with Crippen LogP contribution in [0, 0.1) is 6.92 Å². The van der Waals surface area contributed by atoms with E-state index in [0.717, 1.165) is 5.69 Å². The van der Waals surface area contributed by atoms with E-state index in [1.54, 1.807) is 13.8 Å². The Bertz CT molecular complexity index is 502. The minimum absolute atomic E-state index is 0.122. The van der Waals surface area contributed by atoms with E-state index in [9.17, 15) is 9.59 Å². The Morgan fingerprint density at radius 3 is 2.74 bits per heavy atom. The van der Waals surface area contributed by atoms with Crippen LogP contribution < -0.4 is 5.73 Å². The summed E-state index contributed by atoms with van der Waals surface area (Å²) in [7, 11) is 0. The third kappa shape index (κ3) is 2.70. The van der Waals surface area contributed by atoms with Gasteiger partial charge in [-0.3, -0.25) is 14.6 Å². The predicted molar refractivity (Wildman–Crippen MR) is 66.2 cm³/mol. The van der Waals surface area contributed by atoms with Gasteiger partial charge in [0.15, 0.2) is 5.60 Å². The Hall–Kier alpha value is -2.02. The molecule has 0 spiro atoms. The molecule has 1 fully saturated rings. The van der Waals surface area contributed by atoms with Gasteiger partial charge in [-0.05, 0) is 13.8 Å². The standard InChI is InChI=1S/C12H16N4O3/c1-8-5-15-9(6-14-8)10(17)16-3-4-19-12(2,7-16)11(13)18/h5-6H,3-4,7H2,1-2H3,(H2,13,18). The van der Waals surface area contributed by atoms with Gasteiger partial charge in [-0.2, -0.15) is 0 Å². The van der Waals surface area contributed by atoms with Crippen LogP contribution >= 0.6 is 0 Å². The number of hydrogen-bond acceptors (Lipinski definition) is 5. The first-order valence-corrected chi connectivity index (χ1v) is 5.94. The number of carbonyl (C=O) groups is 2. The van der Waals surface area contributed by atoms with E-state index in [0.29, 0.717) is 6.54 Å². The summed E-state index contributed by atoms with van der Waals surface area (Å²) < 4.78 is 5.36. The lowest BCUT2D eigenvalue weighted by molar-refractivity contribution is -0.150. The molecule has 0 aromatic carbocycles. The topological polar surface area (TPSA) is 98.4 Å². The molecule has 1 aliphatic rings. The second kappa shape index (κ2) is 4.93. The molecule has 2 heterocycles. The zero-order valence-corrected chi connectivity index (χ0v) is 10.9. The first-order valence-electron chi connectivity index (χ1n) is 5.94. The van der Waals surface area contributed by atoms with Gasteiger partial charge in [-0.1, -0.05) is 0 Å². The third-order valence-electron chi connectivity index (χ3n) is 3.08. The zero-order chi connectivity index (χ0) is 14.0. The summed E-state index contributed by atoms with van der Waals surface area (Å²) in [6.07, 6.45) is 2.95. The number of nitrogens with zero attached hydrogens (tertiary/aromatic N) is 3. The molecule has 7 heteroatoms. The van der Waals surface area contributed by atoms with Crippen molar-refractivity contribution in [1.82, 2.24) is 14.9 Å². The summed E-state index contributed by atoms with van der Waals surface area (Å²) >= 11 is 0. The van der Waals surface area contributed by atoms with Crippen LogP contribution in [0.4, 0.5) is 0 Å².